The van der Waals surface area contributed by atoms with Gasteiger partial charge in [0.1, 0.15) is 16.5 Å². The lowest BCUT2D eigenvalue weighted by Gasteiger charge is -2.14. The van der Waals surface area contributed by atoms with Crippen molar-refractivity contribution in [2.75, 3.05) is 5.43 Å². The normalized spacial score (nSPS) is 11.9. The van der Waals surface area contributed by atoms with E-state index in [2.05, 4.69) is 20.7 Å². The van der Waals surface area contributed by atoms with E-state index < -0.39 is 0 Å². The third-order valence-corrected chi connectivity index (χ3v) is 3.48. The molecule has 0 fully saturated rings. The van der Waals surface area contributed by atoms with E-state index in [9.17, 15) is 4.79 Å². The highest BCUT2D eigenvalue weighted by molar-refractivity contribution is 7.09. The first-order valence-electron chi connectivity index (χ1n) is 5.88. The second kappa shape index (κ2) is 6.26. The van der Waals surface area contributed by atoms with E-state index in [1.165, 1.54) is 11.3 Å². The van der Waals surface area contributed by atoms with Gasteiger partial charge in [-0.15, -0.1) is 11.3 Å². The number of carbonyl (C=O) groups is 1. The van der Waals surface area contributed by atoms with Crippen molar-refractivity contribution in [3.63, 3.8) is 0 Å². The van der Waals surface area contributed by atoms with E-state index >= 15 is 0 Å². The molecule has 0 aliphatic heterocycles. The van der Waals surface area contributed by atoms with Crippen LogP contribution in [-0.4, -0.2) is 15.9 Å². The first-order chi connectivity index (χ1) is 9.24. The van der Waals surface area contributed by atoms with E-state index in [1.807, 2.05) is 12.3 Å². The Bertz CT molecular complexity index is 543. The van der Waals surface area contributed by atoms with Crippen LogP contribution in [0.5, 0.6) is 0 Å². The van der Waals surface area contributed by atoms with Gasteiger partial charge in [0.25, 0.3) is 5.91 Å². The predicted molar refractivity (Wildman–Crippen MR) is 74.7 cm³/mol. The van der Waals surface area contributed by atoms with Crippen molar-refractivity contribution in [2.45, 2.75) is 19.4 Å². The molecule has 2 heterocycles. The Morgan fingerprint density at radius 3 is 3.00 bits per heavy atom. The lowest BCUT2D eigenvalue weighted by atomic mass is 10.2. The summed E-state index contributed by atoms with van der Waals surface area (Å²) in [6.45, 7) is 2.00. The van der Waals surface area contributed by atoms with Crippen molar-refractivity contribution in [2.24, 2.45) is 5.84 Å². The molecule has 4 N–H and O–H groups in total. The molecule has 1 atom stereocenters. The molecule has 0 saturated carbocycles. The van der Waals surface area contributed by atoms with Gasteiger partial charge in [-0.2, -0.15) is 0 Å². The fourth-order valence-corrected chi connectivity index (χ4v) is 2.39. The number of thiazole rings is 1. The molecule has 0 radical (unpaired) electrons. The van der Waals surface area contributed by atoms with Crippen molar-refractivity contribution in [3.05, 3.63) is 40.5 Å². The van der Waals surface area contributed by atoms with E-state index in [0.717, 1.165) is 11.4 Å². The maximum absolute atomic E-state index is 12.1. The van der Waals surface area contributed by atoms with Gasteiger partial charge in [0.05, 0.1) is 6.04 Å². The van der Waals surface area contributed by atoms with Gasteiger partial charge in [0, 0.05) is 11.6 Å². The molecular weight excluding hydrogens is 262 g/mol. The Labute approximate surface area is 115 Å². The Morgan fingerprint density at radius 2 is 2.37 bits per heavy atom. The fraction of sp³-hybridized carbons (Fsp3) is 0.250. The van der Waals surface area contributed by atoms with Crippen molar-refractivity contribution < 1.29 is 4.79 Å². The van der Waals surface area contributed by atoms with Crippen LogP contribution in [-0.2, 0) is 0 Å². The number of nitrogen functional groups attached to an aromatic ring is 1. The van der Waals surface area contributed by atoms with Gasteiger partial charge >= 0.3 is 0 Å². The number of hydrazine groups is 1. The molecule has 1 amide bonds. The SMILES string of the molecule is CCC(NC(=O)c1cccc(NN)n1)c1nccs1. The number of nitrogens with one attached hydrogen (secondary N) is 2. The zero-order valence-electron chi connectivity index (χ0n) is 10.5. The quantitative estimate of drug-likeness (QED) is 0.571. The molecule has 7 heteroatoms. The van der Waals surface area contributed by atoms with Gasteiger partial charge in [-0.1, -0.05) is 13.0 Å². The third kappa shape index (κ3) is 3.27. The van der Waals surface area contributed by atoms with Gasteiger partial charge in [0.2, 0.25) is 0 Å². The average Bonchev–Trinajstić information content (AvgIpc) is 2.98. The highest BCUT2D eigenvalue weighted by atomic mass is 32.1. The lowest BCUT2D eigenvalue weighted by molar-refractivity contribution is 0.0930. The Kier molecular flexibility index (Phi) is 4.43. The average molecular weight is 277 g/mol. The van der Waals surface area contributed by atoms with Crippen molar-refractivity contribution in [3.8, 4) is 0 Å². The van der Waals surface area contributed by atoms with Crippen LogP contribution in [0.4, 0.5) is 5.82 Å². The van der Waals surface area contributed by atoms with E-state index in [4.69, 9.17) is 5.84 Å². The number of anilines is 1. The van der Waals surface area contributed by atoms with Gasteiger partial charge in [-0.25, -0.2) is 15.8 Å². The molecule has 0 aliphatic rings. The molecule has 2 rings (SSSR count). The zero-order valence-corrected chi connectivity index (χ0v) is 11.3. The molecule has 2 aromatic heterocycles. The van der Waals surface area contributed by atoms with Crippen LogP contribution in [0.2, 0.25) is 0 Å². The predicted octanol–water partition coefficient (Wildman–Crippen LogP) is 1.70. The topological polar surface area (TPSA) is 92.9 Å². The number of hydrogen-bond acceptors (Lipinski definition) is 6. The maximum Gasteiger partial charge on any atom is 0.270 e. The van der Waals surface area contributed by atoms with Gasteiger partial charge in [-0.05, 0) is 18.6 Å². The van der Waals surface area contributed by atoms with Gasteiger partial charge in [0.15, 0.2) is 0 Å². The minimum Gasteiger partial charge on any atom is -0.341 e. The largest absolute Gasteiger partial charge is 0.341 e. The van der Waals surface area contributed by atoms with Gasteiger partial charge < -0.3 is 10.7 Å². The summed E-state index contributed by atoms with van der Waals surface area (Å²) in [6.07, 6.45) is 2.50. The standard InChI is InChI=1S/C12H15N5OS/c1-2-8(12-14-6-7-19-12)16-11(18)9-4-3-5-10(15-9)17-13/h3-8H,2,13H2,1H3,(H,15,17)(H,16,18). The number of aromatic nitrogens is 2. The molecule has 100 valence electrons. The summed E-state index contributed by atoms with van der Waals surface area (Å²) in [5.74, 6) is 5.49. The van der Waals surface area contributed by atoms with Crippen LogP contribution in [0.25, 0.3) is 0 Å². The summed E-state index contributed by atoms with van der Waals surface area (Å²) < 4.78 is 0. The molecular formula is C12H15N5OS. The Balaban J connectivity index is 2.11. The highest BCUT2D eigenvalue weighted by Crippen LogP contribution is 2.19. The second-order valence-electron chi connectivity index (χ2n) is 3.86. The molecule has 0 aliphatic carbocycles. The van der Waals surface area contributed by atoms with Gasteiger partial charge in [-0.3, -0.25) is 4.79 Å². The summed E-state index contributed by atoms with van der Waals surface area (Å²) >= 11 is 1.52. The number of nitrogens with zero attached hydrogens (tertiary/aromatic N) is 2. The van der Waals surface area contributed by atoms with Crippen molar-refractivity contribution in [1.29, 1.82) is 0 Å². The molecule has 2 aromatic rings. The van der Waals surface area contributed by atoms with E-state index in [1.54, 1.807) is 24.4 Å². The van der Waals surface area contributed by atoms with Crippen LogP contribution >= 0.6 is 11.3 Å². The molecule has 0 spiro atoms. The number of nitrogens with two attached hydrogens (primary N) is 1. The third-order valence-electron chi connectivity index (χ3n) is 2.59. The fourth-order valence-electron chi connectivity index (χ4n) is 1.62. The number of pyridine rings is 1. The minimum absolute atomic E-state index is 0.0937. The summed E-state index contributed by atoms with van der Waals surface area (Å²) in [6, 6.07) is 4.96. The second-order valence-corrected chi connectivity index (χ2v) is 4.78. The molecule has 0 bridgehead atoms. The van der Waals surface area contributed by atoms with E-state index in [0.29, 0.717) is 11.5 Å². The molecule has 0 aromatic carbocycles. The van der Waals surface area contributed by atoms with Crippen LogP contribution in [0, 0.1) is 0 Å². The van der Waals surface area contributed by atoms with Crippen LogP contribution in [0.3, 0.4) is 0 Å². The van der Waals surface area contributed by atoms with E-state index in [-0.39, 0.29) is 11.9 Å². The zero-order chi connectivity index (χ0) is 13.7. The van der Waals surface area contributed by atoms with Crippen LogP contribution in [0.15, 0.2) is 29.8 Å². The number of hydrogen-bond donors (Lipinski definition) is 3. The highest BCUT2D eigenvalue weighted by Gasteiger charge is 2.17. The van der Waals surface area contributed by atoms with Crippen LogP contribution < -0.4 is 16.6 Å². The lowest BCUT2D eigenvalue weighted by Crippen LogP contribution is -2.29. The number of amides is 1. The summed E-state index contributed by atoms with van der Waals surface area (Å²) in [5.41, 5.74) is 2.74. The Morgan fingerprint density at radius 1 is 1.53 bits per heavy atom. The Hall–Kier alpha value is -1.99. The van der Waals surface area contributed by atoms with Crippen molar-refractivity contribution in [1.82, 2.24) is 15.3 Å². The molecule has 6 nitrogen and oxygen atoms in total. The summed E-state index contributed by atoms with van der Waals surface area (Å²) in [4.78, 5) is 20.4. The first-order valence-corrected chi connectivity index (χ1v) is 6.76. The maximum atomic E-state index is 12.1. The number of carbonyl (C=O) groups excluding carboxylic acids is 1. The molecule has 0 saturated heterocycles. The molecule has 19 heavy (non-hydrogen) atoms. The first kappa shape index (κ1) is 13.4. The molecule has 1 unspecified atom stereocenters. The summed E-state index contributed by atoms with van der Waals surface area (Å²) in [7, 11) is 0. The van der Waals surface area contributed by atoms with Crippen molar-refractivity contribution >= 4 is 23.1 Å². The monoisotopic (exact) mass is 277 g/mol. The van der Waals surface area contributed by atoms with Crippen LogP contribution in [0.1, 0.15) is 34.9 Å². The number of rotatable bonds is 5. The minimum atomic E-state index is -0.237. The smallest absolute Gasteiger partial charge is 0.270 e. The summed E-state index contributed by atoms with van der Waals surface area (Å²) in [5, 5.41) is 5.70.